The second-order valence-electron chi connectivity index (χ2n) is 4.63. The Balaban J connectivity index is 1.98. The molecule has 0 bridgehead atoms. The number of fused-ring (bicyclic) bond motifs is 1. The molecule has 114 valence electrons. The molecule has 0 atom stereocenters. The summed E-state index contributed by atoms with van der Waals surface area (Å²) in [7, 11) is 1.53. The Bertz CT molecular complexity index is 548. The zero-order valence-corrected chi connectivity index (χ0v) is 11.7. The van der Waals surface area contributed by atoms with Crippen LogP contribution in [0.4, 0.5) is 15.8 Å². The second kappa shape index (κ2) is 7.14. The lowest BCUT2D eigenvalue weighted by Crippen LogP contribution is -2.22. The molecule has 6 nitrogen and oxygen atoms in total. The van der Waals surface area contributed by atoms with E-state index in [4.69, 9.17) is 9.47 Å². The lowest BCUT2D eigenvalue weighted by Gasteiger charge is -2.18. The van der Waals surface area contributed by atoms with Gasteiger partial charge in [0, 0.05) is 19.2 Å². The number of benzene rings is 1. The summed E-state index contributed by atoms with van der Waals surface area (Å²) in [5.74, 6) is -1.11. The number of rotatable bonds is 6. The van der Waals surface area contributed by atoms with Crippen LogP contribution < -0.4 is 10.6 Å². The van der Waals surface area contributed by atoms with E-state index in [9.17, 15) is 14.0 Å². The van der Waals surface area contributed by atoms with Crippen LogP contribution in [0.15, 0.2) is 12.1 Å². The summed E-state index contributed by atoms with van der Waals surface area (Å²) >= 11 is 0. The van der Waals surface area contributed by atoms with Crippen molar-refractivity contribution in [2.75, 3.05) is 37.6 Å². The molecule has 7 heteroatoms. The molecule has 0 aromatic heterocycles. The maximum atomic E-state index is 13.9. The third-order valence-corrected chi connectivity index (χ3v) is 3.03. The summed E-state index contributed by atoms with van der Waals surface area (Å²) in [6, 6.07) is 2.75. The molecule has 1 aliphatic heterocycles. The van der Waals surface area contributed by atoms with Crippen molar-refractivity contribution in [2.24, 2.45) is 0 Å². The van der Waals surface area contributed by atoms with Gasteiger partial charge in [0.1, 0.15) is 12.4 Å². The van der Waals surface area contributed by atoms with Crippen LogP contribution in [0.3, 0.4) is 0 Å². The zero-order valence-electron chi connectivity index (χ0n) is 11.7. The summed E-state index contributed by atoms with van der Waals surface area (Å²) in [6.07, 6.45) is 0.831. The number of hydrogen-bond acceptors (Lipinski definition) is 4. The molecule has 2 N–H and O–H groups in total. The molecule has 0 saturated carbocycles. The molecule has 1 aromatic rings. The fourth-order valence-corrected chi connectivity index (χ4v) is 1.99. The van der Waals surface area contributed by atoms with E-state index in [1.54, 1.807) is 0 Å². The fourth-order valence-electron chi connectivity index (χ4n) is 1.99. The standard InChI is InChI=1S/C14H17FN2O4/c1-20-4-5-21-8-14(19)17-12-7-11-9(6-10(12)15)2-3-13(18)16-11/h6-7H,2-5,8H2,1H3,(H,16,18)(H,17,19). The average Bonchev–Trinajstić information content (AvgIpc) is 2.45. The lowest BCUT2D eigenvalue weighted by atomic mass is 10.0. The second-order valence-corrected chi connectivity index (χ2v) is 4.63. The van der Waals surface area contributed by atoms with E-state index in [2.05, 4.69) is 10.6 Å². The van der Waals surface area contributed by atoms with Gasteiger partial charge in [0.05, 0.1) is 18.9 Å². The van der Waals surface area contributed by atoms with Crippen LogP contribution in [-0.4, -0.2) is 38.7 Å². The minimum Gasteiger partial charge on any atom is -0.382 e. The predicted octanol–water partition coefficient (Wildman–Crippen LogP) is 1.31. The van der Waals surface area contributed by atoms with Gasteiger partial charge in [0.15, 0.2) is 0 Å². The van der Waals surface area contributed by atoms with Crippen LogP contribution in [0.2, 0.25) is 0 Å². The van der Waals surface area contributed by atoms with Gasteiger partial charge in [-0.3, -0.25) is 9.59 Å². The van der Waals surface area contributed by atoms with E-state index in [0.717, 1.165) is 5.56 Å². The van der Waals surface area contributed by atoms with E-state index < -0.39 is 11.7 Å². The first-order valence-electron chi connectivity index (χ1n) is 6.59. The van der Waals surface area contributed by atoms with Gasteiger partial charge in [-0.15, -0.1) is 0 Å². The summed E-state index contributed by atoms with van der Waals surface area (Å²) in [5.41, 5.74) is 1.28. The first-order chi connectivity index (χ1) is 10.1. The molecule has 0 unspecified atom stereocenters. The lowest BCUT2D eigenvalue weighted by molar-refractivity contribution is -0.121. The average molecular weight is 296 g/mol. The van der Waals surface area contributed by atoms with Crippen LogP contribution in [0, 0.1) is 5.82 Å². The highest BCUT2D eigenvalue weighted by atomic mass is 19.1. The Kier molecular flexibility index (Phi) is 5.24. The molecule has 2 rings (SSSR count). The summed E-state index contributed by atoms with van der Waals surface area (Å²) < 4.78 is 23.7. The molecule has 0 fully saturated rings. The number of halogens is 1. The molecule has 21 heavy (non-hydrogen) atoms. The quantitative estimate of drug-likeness (QED) is 0.776. The third-order valence-electron chi connectivity index (χ3n) is 3.03. The van der Waals surface area contributed by atoms with Crippen molar-refractivity contribution >= 4 is 23.2 Å². The number of methoxy groups -OCH3 is 1. The van der Waals surface area contributed by atoms with Gasteiger partial charge in [-0.1, -0.05) is 0 Å². The van der Waals surface area contributed by atoms with Crippen LogP contribution in [0.25, 0.3) is 0 Å². The van der Waals surface area contributed by atoms with Gasteiger partial charge in [-0.25, -0.2) is 4.39 Å². The molecular weight excluding hydrogens is 279 g/mol. The maximum absolute atomic E-state index is 13.9. The molecule has 0 radical (unpaired) electrons. The van der Waals surface area contributed by atoms with E-state index in [1.807, 2.05) is 0 Å². The van der Waals surface area contributed by atoms with Gasteiger partial charge < -0.3 is 20.1 Å². The molecular formula is C14H17FN2O4. The molecule has 1 aliphatic rings. The number of carbonyl (C=O) groups excluding carboxylic acids is 2. The summed E-state index contributed by atoms with van der Waals surface area (Å²) in [6.45, 7) is 0.478. The number of nitrogens with one attached hydrogen (secondary N) is 2. The Hall–Kier alpha value is -1.99. The van der Waals surface area contributed by atoms with Gasteiger partial charge in [0.2, 0.25) is 11.8 Å². The summed E-state index contributed by atoms with van der Waals surface area (Å²) in [4.78, 5) is 23.0. The van der Waals surface area contributed by atoms with Gasteiger partial charge in [0.25, 0.3) is 0 Å². The Morgan fingerprint density at radius 3 is 2.95 bits per heavy atom. The highest BCUT2D eigenvalue weighted by molar-refractivity contribution is 5.96. The van der Waals surface area contributed by atoms with Crippen molar-refractivity contribution in [1.29, 1.82) is 0 Å². The van der Waals surface area contributed by atoms with E-state index in [1.165, 1.54) is 19.2 Å². The van der Waals surface area contributed by atoms with Crippen molar-refractivity contribution in [3.63, 3.8) is 0 Å². The third kappa shape index (κ3) is 4.24. The van der Waals surface area contributed by atoms with Gasteiger partial charge in [-0.2, -0.15) is 0 Å². The van der Waals surface area contributed by atoms with Gasteiger partial charge in [-0.05, 0) is 24.1 Å². The van der Waals surface area contributed by atoms with Crippen molar-refractivity contribution < 1.29 is 23.5 Å². The van der Waals surface area contributed by atoms with Crippen molar-refractivity contribution in [3.8, 4) is 0 Å². The fraction of sp³-hybridized carbons (Fsp3) is 0.429. The number of amides is 2. The number of aryl methyl sites for hydroxylation is 1. The van der Waals surface area contributed by atoms with Crippen LogP contribution in [0.5, 0.6) is 0 Å². The number of ether oxygens (including phenoxy) is 2. The van der Waals surface area contributed by atoms with Crippen LogP contribution in [-0.2, 0) is 25.5 Å². The Labute approximate surface area is 121 Å². The zero-order chi connectivity index (χ0) is 15.2. The Morgan fingerprint density at radius 1 is 1.38 bits per heavy atom. The SMILES string of the molecule is COCCOCC(=O)Nc1cc2c(cc1F)CCC(=O)N2. The number of carbonyl (C=O) groups is 2. The van der Waals surface area contributed by atoms with E-state index in [-0.39, 0.29) is 24.8 Å². The highest BCUT2D eigenvalue weighted by Gasteiger charge is 2.18. The molecule has 1 aromatic carbocycles. The highest BCUT2D eigenvalue weighted by Crippen LogP contribution is 2.28. The number of anilines is 2. The largest absolute Gasteiger partial charge is 0.382 e. The summed E-state index contributed by atoms with van der Waals surface area (Å²) in [5, 5.41) is 5.08. The number of hydrogen-bond donors (Lipinski definition) is 2. The van der Waals surface area contributed by atoms with Crippen LogP contribution in [0.1, 0.15) is 12.0 Å². The molecule has 0 aliphatic carbocycles. The first kappa shape index (κ1) is 15.4. The normalized spacial score (nSPS) is 13.5. The minimum absolute atomic E-state index is 0.0243. The van der Waals surface area contributed by atoms with Gasteiger partial charge >= 0.3 is 0 Å². The monoisotopic (exact) mass is 296 g/mol. The first-order valence-corrected chi connectivity index (χ1v) is 6.59. The topological polar surface area (TPSA) is 76.7 Å². The minimum atomic E-state index is -0.532. The maximum Gasteiger partial charge on any atom is 0.250 e. The molecule has 0 spiro atoms. The van der Waals surface area contributed by atoms with Crippen molar-refractivity contribution in [2.45, 2.75) is 12.8 Å². The molecule has 1 heterocycles. The van der Waals surface area contributed by atoms with Crippen molar-refractivity contribution in [3.05, 3.63) is 23.5 Å². The molecule has 2 amide bonds. The predicted molar refractivity (Wildman–Crippen MR) is 74.7 cm³/mol. The Morgan fingerprint density at radius 2 is 2.19 bits per heavy atom. The van der Waals surface area contributed by atoms with Crippen LogP contribution >= 0.6 is 0 Å². The van der Waals surface area contributed by atoms with Crippen molar-refractivity contribution in [1.82, 2.24) is 0 Å². The smallest absolute Gasteiger partial charge is 0.250 e. The van der Waals surface area contributed by atoms with E-state index >= 15 is 0 Å². The van der Waals surface area contributed by atoms with E-state index in [0.29, 0.717) is 25.1 Å². The molecule has 0 saturated heterocycles.